The van der Waals surface area contributed by atoms with Gasteiger partial charge < -0.3 is 5.11 Å². The van der Waals surface area contributed by atoms with E-state index in [4.69, 9.17) is 5.11 Å². The third-order valence-electron chi connectivity index (χ3n) is 3.03. The van der Waals surface area contributed by atoms with Gasteiger partial charge in [0.25, 0.3) is 0 Å². The van der Waals surface area contributed by atoms with Crippen molar-refractivity contribution in [2.24, 2.45) is 0 Å². The third-order valence-corrected chi connectivity index (χ3v) is 3.03. The maximum absolute atomic E-state index is 13.1. The summed E-state index contributed by atoms with van der Waals surface area (Å²) >= 11 is 0. The Bertz CT molecular complexity index is 715. The van der Waals surface area contributed by atoms with Crippen LogP contribution in [0, 0.1) is 12.7 Å². The predicted octanol–water partition coefficient (Wildman–Crippen LogP) is 3.73. The molecule has 2 aromatic carbocycles. The smallest absolute Gasteiger partial charge is 0.335 e. The number of carboxylic acids is 1. The summed E-state index contributed by atoms with van der Waals surface area (Å²) in [6, 6.07) is 10.4. The van der Waals surface area contributed by atoms with Gasteiger partial charge in [0, 0.05) is 5.56 Å². The van der Waals surface area contributed by atoms with Crippen LogP contribution in [0.5, 0.6) is 0 Å². The van der Waals surface area contributed by atoms with Gasteiger partial charge >= 0.3 is 5.97 Å². The average molecular weight is 284 g/mol. The maximum Gasteiger partial charge on any atom is 0.335 e. The summed E-state index contributed by atoms with van der Waals surface area (Å²) in [6.45, 7) is 1.60. The van der Waals surface area contributed by atoms with Crippen LogP contribution in [0.1, 0.15) is 31.8 Å². The molecule has 0 saturated heterocycles. The summed E-state index contributed by atoms with van der Waals surface area (Å²) in [7, 11) is 0. The molecule has 0 saturated carbocycles. The zero-order valence-corrected chi connectivity index (χ0v) is 11.3. The van der Waals surface area contributed by atoms with E-state index >= 15 is 0 Å². The number of hydrogen-bond donors (Lipinski definition) is 1. The van der Waals surface area contributed by atoms with Crippen LogP contribution in [-0.4, -0.2) is 16.9 Å². The molecule has 0 heterocycles. The fourth-order valence-electron chi connectivity index (χ4n) is 1.80. The molecule has 3 nitrogen and oxygen atoms in total. The van der Waals surface area contributed by atoms with Gasteiger partial charge in [0.2, 0.25) is 0 Å². The van der Waals surface area contributed by atoms with Crippen LogP contribution in [0.3, 0.4) is 0 Å². The Kier molecular flexibility index (Phi) is 4.28. The Labute approximate surface area is 121 Å². The molecule has 0 fully saturated rings. The summed E-state index contributed by atoms with van der Waals surface area (Å²) in [5, 5.41) is 8.79. The number of carboxylic acid groups (broad SMARTS) is 1. The van der Waals surface area contributed by atoms with Gasteiger partial charge in [0.05, 0.1) is 5.56 Å². The number of ketones is 1. The molecule has 106 valence electrons. The van der Waals surface area contributed by atoms with E-state index in [0.29, 0.717) is 16.7 Å². The summed E-state index contributed by atoms with van der Waals surface area (Å²) in [5.74, 6) is -1.58. The van der Waals surface area contributed by atoms with Crippen LogP contribution in [0.25, 0.3) is 6.08 Å². The van der Waals surface area contributed by atoms with E-state index in [1.807, 2.05) is 0 Å². The molecular weight excluding hydrogens is 271 g/mol. The largest absolute Gasteiger partial charge is 0.478 e. The summed E-state index contributed by atoms with van der Waals surface area (Å²) < 4.78 is 13.1. The molecule has 0 radical (unpaired) electrons. The van der Waals surface area contributed by atoms with Gasteiger partial charge in [-0.15, -0.1) is 0 Å². The fourth-order valence-corrected chi connectivity index (χ4v) is 1.80. The van der Waals surface area contributed by atoms with Crippen LogP contribution in [-0.2, 0) is 0 Å². The highest BCUT2D eigenvalue weighted by Gasteiger charge is 2.05. The van der Waals surface area contributed by atoms with Crippen molar-refractivity contribution < 1.29 is 19.1 Å². The number of carbonyl (C=O) groups is 2. The van der Waals surface area contributed by atoms with Gasteiger partial charge in [-0.3, -0.25) is 4.79 Å². The molecular formula is C17H13FO3. The minimum Gasteiger partial charge on any atom is -0.478 e. The van der Waals surface area contributed by atoms with Crippen molar-refractivity contribution in [2.45, 2.75) is 6.92 Å². The second kappa shape index (κ2) is 6.13. The first-order chi connectivity index (χ1) is 9.97. The van der Waals surface area contributed by atoms with E-state index in [9.17, 15) is 14.0 Å². The standard InChI is InChI=1S/C17H13FO3/c1-11-10-14(7-8-15(11)18)16(19)9-4-12-2-5-13(6-3-12)17(20)21/h2-10H,1H3,(H,20,21)/b9-4+. The number of aromatic carboxylic acids is 1. The summed E-state index contributed by atoms with van der Waals surface area (Å²) in [6.07, 6.45) is 2.97. The van der Waals surface area contributed by atoms with Gasteiger partial charge in [-0.25, -0.2) is 9.18 Å². The topological polar surface area (TPSA) is 54.4 Å². The number of allylic oxidation sites excluding steroid dienone is 1. The Morgan fingerprint density at radius 2 is 1.67 bits per heavy atom. The van der Waals surface area contributed by atoms with Gasteiger partial charge in [-0.1, -0.05) is 18.2 Å². The van der Waals surface area contributed by atoms with E-state index in [1.165, 1.54) is 36.4 Å². The molecule has 0 aromatic heterocycles. The first-order valence-electron chi connectivity index (χ1n) is 6.29. The Hall–Kier alpha value is -2.75. The highest BCUT2D eigenvalue weighted by molar-refractivity contribution is 6.06. The van der Waals surface area contributed by atoms with Crippen molar-refractivity contribution in [3.8, 4) is 0 Å². The fraction of sp³-hybridized carbons (Fsp3) is 0.0588. The molecule has 0 bridgehead atoms. The number of hydrogen-bond acceptors (Lipinski definition) is 2. The summed E-state index contributed by atoms with van der Waals surface area (Å²) in [4.78, 5) is 22.7. The van der Waals surface area contributed by atoms with Crippen molar-refractivity contribution in [1.82, 2.24) is 0 Å². The zero-order valence-electron chi connectivity index (χ0n) is 11.3. The Morgan fingerprint density at radius 1 is 1.05 bits per heavy atom. The molecule has 2 aromatic rings. The number of halogens is 1. The highest BCUT2D eigenvalue weighted by Crippen LogP contribution is 2.12. The second-order valence-corrected chi connectivity index (χ2v) is 4.59. The molecule has 0 spiro atoms. The molecule has 2 rings (SSSR count). The van der Waals surface area contributed by atoms with Gasteiger partial charge in [-0.05, 0) is 54.5 Å². The molecule has 0 aliphatic heterocycles. The first kappa shape index (κ1) is 14.7. The molecule has 0 amide bonds. The molecule has 0 unspecified atom stereocenters. The van der Waals surface area contributed by atoms with Crippen molar-refractivity contribution >= 4 is 17.8 Å². The number of aryl methyl sites for hydroxylation is 1. The van der Waals surface area contributed by atoms with E-state index in [0.717, 1.165) is 0 Å². The van der Waals surface area contributed by atoms with Crippen molar-refractivity contribution in [3.05, 3.63) is 76.6 Å². The lowest BCUT2D eigenvalue weighted by Crippen LogP contribution is -1.96. The minimum atomic E-state index is -0.997. The normalized spacial score (nSPS) is 10.8. The molecule has 0 aliphatic carbocycles. The third kappa shape index (κ3) is 3.63. The molecule has 0 aliphatic rings. The molecule has 21 heavy (non-hydrogen) atoms. The van der Waals surface area contributed by atoms with E-state index in [1.54, 1.807) is 25.1 Å². The number of carbonyl (C=O) groups excluding carboxylic acids is 1. The van der Waals surface area contributed by atoms with Crippen molar-refractivity contribution in [1.29, 1.82) is 0 Å². The Morgan fingerprint density at radius 3 is 2.24 bits per heavy atom. The molecule has 0 atom stereocenters. The van der Waals surface area contributed by atoms with Crippen molar-refractivity contribution in [2.75, 3.05) is 0 Å². The van der Waals surface area contributed by atoms with Crippen LogP contribution in [0.15, 0.2) is 48.5 Å². The maximum atomic E-state index is 13.1. The second-order valence-electron chi connectivity index (χ2n) is 4.59. The zero-order chi connectivity index (χ0) is 15.4. The van der Waals surface area contributed by atoms with Gasteiger partial charge in [0.1, 0.15) is 5.82 Å². The molecule has 4 heteroatoms. The lowest BCUT2D eigenvalue weighted by molar-refractivity contribution is 0.0696. The van der Waals surface area contributed by atoms with Crippen LogP contribution < -0.4 is 0 Å². The van der Waals surface area contributed by atoms with Gasteiger partial charge in [0.15, 0.2) is 5.78 Å². The van der Waals surface area contributed by atoms with Gasteiger partial charge in [-0.2, -0.15) is 0 Å². The lowest BCUT2D eigenvalue weighted by atomic mass is 10.1. The monoisotopic (exact) mass is 284 g/mol. The summed E-state index contributed by atoms with van der Waals surface area (Å²) in [5.41, 5.74) is 1.73. The SMILES string of the molecule is Cc1cc(C(=O)/C=C/c2ccc(C(=O)O)cc2)ccc1F. The van der Waals surface area contributed by atoms with Crippen molar-refractivity contribution in [3.63, 3.8) is 0 Å². The number of rotatable bonds is 4. The first-order valence-corrected chi connectivity index (χ1v) is 6.29. The predicted molar refractivity (Wildman–Crippen MR) is 77.9 cm³/mol. The van der Waals surface area contributed by atoms with Crippen LogP contribution >= 0.6 is 0 Å². The minimum absolute atomic E-state index is 0.188. The van der Waals surface area contributed by atoms with Crippen LogP contribution in [0.4, 0.5) is 4.39 Å². The van der Waals surface area contributed by atoms with E-state index in [-0.39, 0.29) is 17.2 Å². The Balaban J connectivity index is 2.14. The van der Waals surface area contributed by atoms with E-state index < -0.39 is 5.97 Å². The highest BCUT2D eigenvalue weighted by atomic mass is 19.1. The quantitative estimate of drug-likeness (QED) is 0.687. The average Bonchev–Trinajstić information content (AvgIpc) is 2.48. The van der Waals surface area contributed by atoms with E-state index in [2.05, 4.69) is 0 Å². The van der Waals surface area contributed by atoms with Crippen LogP contribution in [0.2, 0.25) is 0 Å². The number of benzene rings is 2. The molecule has 1 N–H and O–H groups in total. The lowest BCUT2D eigenvalue weighted by Gasteiger charge is -2.00.